The molecular formula is C14H27N3O5. The summed E-state index contributed by atoms with van der Waals surface area (Å²) in [5.41, 5.74) is 5.47. The van der Waals surface area contributed by atoms with Gasteiger partial charge in [0.1, 0.15) is 0 Å². The van der Waals surface area contributed by atoms with Crippen LogP contribution in [0.2, 0.25) is 0 Å². The molecule has 1 aliphatic heterocycles. The molecule has 3 N–H and O–H groups in total. The molecule has 1 aliphatic rings. The summed E-state index contributed by atoms with van der Waals surface area (Å²) in [7, 11) is 0. The number of urea groups is 1. The van der Waals surface area contributed by atoms with Crippen LogP contribution in [0.1, 0.15) is 33.1 Å². The van der Waals surface area contributed by atoms with Gasteiger partial charge in [-0.15, -0.1) is 0 Å². The predicted molar refractivity (Wildman–Crippen MR) is 80.6 cm³/mol. The fraction of sp³-hybridized carbons (Fsp3) is 0.857. The standard InChI is InChI=1S/C14H27N3O5/c1-3-21-12(22-4-2)7-10-17(13(15)18)11-5-8-16(9-6-11)14(19)20/h11-12H,3-10H2,1-2H3,(H2,15,18)(H,19,20). The Bertz CT molecular complexity index is 352. The van der Waals surface area contributed by atoms with Gasteiger partial charge in [0.25, 0.3) is 0 Å². The summed E-state index contributed by atoms with van der Waals surface area (Å²) >= 11 is 0. The molecule has 0 bridgehead atoms. The molecule has 3 amide bonds. The van der Waals surface area contributed by atoms with Crippen LogP contribution < -0.4 is 5.73 Å². The summed E-state index contributed by atoms with van der Waals surface area (Å²) in [5.74, 6) is 0. The third-order valence-electron chi connectivity index (χ3n) is 3.77. The first-order valence-corrected chi connectivity index (χ1v) is 7.76. The molecule has 1 rings (SSSR count). The van der Waals surface area contributed by atoms with Crippen molar-refractivity contribution in [1.82, 2.24) is 9.80 Å². The number of likely N-dealkylation sites (tertiary alicyclic amines) is 1. The van der Waals surface area contributed by atoms with Gasteiger partial charge in [0, 0.05) is 45.3 Å². The molecule has 0 saturated carbocycles. The van der Waals surface area contributed by atoms with E-state index in [1.54, 1.807) is 4.90 Å². The summed E-state index contributed by atoms with van der Waals surface area (Å²) < 4.78 is 10.9. The molecule has 22 heavy (non-hydrogen) atoms. The van der Waals surface area contributed by atoms with E-state index in [2.05, 4.69) is 0 Å². The molecular weight excluding hydrogens is 290 g/mol. The van der Waals surface area contributed by atoms with Crippen LogP contribution in [0.15, 0.2) is 0 Å². The Kier molecular flexibility index (Phi) is 7.97. The van der Waals surface area contributed by atoms with E-state index in [-0.39, 0.29) is 12.3 Å². The maximum Gasteiger partial charge on any atom is 0.407 e. The van der Waals surface area contributed by atoms with E-state index in [1.807, 2.05) is 13.8 Å². The summed E-state index contributed by atoms with van der Waals surface area (Å²) in [6.07, 6.45) is 0.476. The number of nitrogens with two attached hydrogens (primary N) is 1. The van der Waals surface area contributed by atoms with Gasteiger partial charge in [-0.2, -0.15) is 0 Å². The molecule has 8 heteroatoms. The number of carbonyl (C=O) groups excluding carboxylic acids is 1. The van der Waals surface area contributed by atoms with Gasteiger partial charge in [0.15, 0.2) is 6.29 Å². The van der Waals surface area contributed by atoms with Crippen LogP contribution in [0.4, 0.5) is 9.59 Å². The normalized spacial score (nSPS) is 16.0. The molecule has 0 radical (unpaired) electrons. The van der Waals surface area contributed by atoms with Crippen molar-refractivity contribution in [3.63, 3.8) is 0 Å². The molecule has 0 spiro atoms. The third-order valence-corrected chi connectivity index (χ3v) is 3.77. The molecule has 128 valence electrons. The van der Waals surface area contributed by atoms with Crippen LogP contribution >= 0.6 is 0 Å². The molecule has 0 aromatic carbocycles. The average Bonchev–Trinajstić information content (AvgIpc) is 2.48. The zero-order valence-electron chi connectivity index (χ0n) is 13.4. The van der Waals surface area contributed by atoms with Crippen molar-refractivity contribution in [3.8, 4) is 0 Å². The molecule has 1 saturated heterocycles. The van der Waals surface area contributed by atoms with Gasteiger partial charge < -0.3 is 30.1 Å². The van der Waals surface area contributed by atoms with E-state index >= 15 is 0 Å². The highest BCUT2D eigenvalue weighted by Crippen LogP contribution is 2.18. The fourth-order valence-corrected chi connectivity index (χ4v) is 2.67. The number of rotatable bonds is 8. The zero-order chi connectivity index (χ0) is 16.5. The van der Waals surface area contributed by atoms with Crippen molar-refractivity contribution in [2.24, 2.45) is 5.73 Å². The quantitative estimate of drug-likeness (QED) is 0.656. The van der Waals surface area contributed by atoms with Crippen molar-refractivity contribution >= 4 is 12.1 Å². The maximum absolute atomic E-state index is 11.7. The fourth-order valence-electron chi connectivity index (χ4n) is 2.67. The van der Waals surface area contributed by atoms with Crippen molar-refractivity contribution < 1.29 is 24.2 Å². The predicted octanol–water partition coefficient (Wildman–Crippen LogP) is 1.30. The minimum Gasteiger partial charge on any atom is -0.465 e. The van der Waals surface area contributed by atoms with Crippen molar-refractivity contribution in [2.75, 3.05) is 32.8 Å². The highest BCUT2D eigenvalue weighted by molar-refractivity contribution is 5.72. The first-order chi connectivity index (χ1) is 10.5. The van der Waals surface area contributed by atoms with Gasteiger partial charge in [-0.25, -0.2) is 9.59 Å². The number of piperidine rings is 1. The Labute approximate surface area is 131 Å². The number of hydrogen-bond donors (Lipinski definition) is 2. The number of carboxylic acid groups (broad SMARTS) is 1. The smallest absolute Gasteiger partial charge is 0.407 e. The lowest BCUT2D eigenvalue weighted by Crippen LogP contribution is -2.51. The molecule has 0 aromatic rings. The van der Waals surface area contributed by atoms with Crippen LogP contribution in [0.5, 0.6) is 0 Å². The van der Waals surface area contributed by atoms with Gasteiger partial charge in [-0.3, -0.25) is 0 Å². The van der Waals surface area contributed by atoms with E-state index in [0.717, 1.165) is 0 Å². The summed E-state index contributed by atoms with van der Waals surface area (Å²) in [4.78, 5) is 25.6. The van der Waals surface area contributed by atoms with Crippen LogP contribution in [-0.4, -0.2) is 72.2 Å². The molecule has 0 aromatic heterocycles. The van der Waals surface area contributed by atoms with Crippen molar-refractivity contribution in [2.45, 2.75) is 45.4 Å². The molecule has 0 aliphatic carbocycles. The van der Waals surface area contributed by atoms with E-state index in [0.29, 0.717) is 52.1 Å². The topological polar surface area (TPSA) is 105 Å². The van der Waals surface area contributed by atoms with E-state index < -0.39 is 12.1 Å². The summed E-state index contributed by atoms with van der Waals surface area (Å²) in [5, 5.41) is 8.95. The van der Waals surface area contributed by atoms with Gasteiger partial charge in [0.2, 0.25) is 0 Å². The Morgan fingerprint density at radius 1 is 1.27 bits per heavy atom. The zero-order valence-corrected chi connectivity index (χ0v) is 13.4. The number of nitrogens with zero attached hydrogens (tertiary/aromatic N) is 2. The average molecular weight is 317 g/mol. The van der Waals surface area contributed by atoms with Crippen molar-refractivity contribution in [1.29, 1.82) is 0 Å². The van der Waals surface area contributed by atoms with Gasteiger partial charge in [-0.1, -0.05) is 0 Å². The van der Waals surface area contributed by atoms with E-state index in [1.165, 1.54) is 4.90 Å². The van der Waals surface area contributed by atoms with Crippen LogP contribution in [0, 0.1) is 0 Å². The monoisotopic (exact) mass is 317 g/mol. The highest BCUT2D eigenvalue weighted by atomic mass is 16.7. The number of hydrogen-bond acceptors (Lipinski definition) is 4. The van der Waals surface area contributed by atoms with E-state index in [9.17, 15) is 9.59 Å². The Hall–Kier alpha value is -1.54. The van der Waals surface area contributed by atoms with Gasteiger partial charge in [-0.05, 0) is 26.7 Å². The van der Waals surface area contributed by atoms with Gasteiger partial charge in [0.05, 0.1) is 0 Å². The van der Waals surface area contributed by atoms with Crippen LogP contribution in [-0.2, 0) is 9.47 Å². The van der Waals surface area contributed by atoms with Crippen molar-refractivity contribution in [3.05, 3.63) is 0 Å². The highest BCUT2D eigenvalue weighted by Gasteiger charge is 2.29. The minimum atomic E-state index is -0.920. The lowest BCUT2D eigenvalue weighted by atomic mass is 10.0. The maximum atomic E-state index is 11.7. The van der Waals surface area contributed by atoms with E-state index in [4.69, 9.17) is 20.3 Å². The second kappa shape index (κ2) is 9.47. The lowest BCUT2D eigenvalue weighted by Gasteiger charge is -2.37. The second-order valence-electron chi connectivity index (χ2n) is 5.16. The second-order valence-corrected chi connectivity index (χ2v) is 5.16. The molecule has 1 heterocycles. The molecule has 0 atom stereocenters. The first kappa shape index (κ1) is 18.5. The minimum absolute atomic E-state index is 0.0306. The summed E-state index contributed by atoms with van der Waals surface area (Å²) in [6.45, 7) is 6.14. The largest absolute Gasteiger partial charge is 0.465 e. The van der Waals surface area contributed by atoms with Crippen LogP contribution in [0.25, 0.3) is 0 Å². The molecule has 8 nitrogen and oxygen atoms in total. The number of ether oxygens (including phenoxy) is 2. The Morgan fingerprint density at radius 3 is 2.23 bits per heavy atom. The van der Waals surface area contributed by atoms with Gasteiger partial charge >= 0.3 is 12.1 Å². The number of primary amides is 1. The Balaban J connectivity index is 2.52. The number of amides is 3. The Morgan fingerprint density at radius 2 is 1.82 bits per heavy atom. The molecule has 1 fully saturated rings. The summed E-state index contributed by atoms with van der Waals surface area (Å²) in [6, 6.07) is -0.516. The SMILES string of the molecule is CCOC(CCN(C(N)=O)C1CCN(C(=O)O)CC1)OCC. The third kappa shape index (κ3) is 5.69. The lowest BCUT2D eigenvalue weighted by molar-refractivity contribution is -0.141. The molecule has 0 unspecified atom stereocenters. The van der Waals surface area contributed by atoms with Crippen LogP contribution in [0.3, 0.4) is 0 Å². The first-order valence-electron chi connectivity index (χ1n) is 7.76. The number of carbonyl (C=O) groups is 2.